The fraction of sp³-hybridized carbons (Fsp3) is 0.200. The molecule has 1 heterocycles. The molecule has 0 unspecified atom stereocenters. The standard InChI is InChI=1S/C20H17FN2O5/c1-20(2)14-4-3-10(11-5-12(21)8-22-7-11)6-13(14)17(26)16(18(20)27)19(28)23-9-15(24)25/h3-8,26H,9H2,1-2H3,(H,23,28)(H,24,25). The van der Waals surface area contributed by atoms with Crippen molar-refractivity contribution in [2.45, 2.75) is 19.3 Å². The van der Waals surface area contributed by atoms with Gasteiger partial charge in [0, 0.05) is 17.3 Å². The number of aromatic nitrogens is 1. The van der Waals surface area contributed by atoms with Crippen LogP contribution in [0.5, 0.6) is 0 Å². The molecule has 3 rings (SSSR count). The van der Waals surface area contributed by atoms with Crippen molar-refractivity contribution in [2.75, 3.05) is 6.54 Å². The van der Waals surface area contributed by atoms with Crippen molar-refractivity contribution in [3.8, 4) is 11.1 Å². The summed E-state index contributed by atoms with van der Waals surface area (Å²) in [5.74, 6) is -3.95. The molecule has 0 saturated heterocycles. The Labute approximate surface area is 159 Å². The molecule has 0 saturated carbocycles. The summed E-state index contributed by atoms with van der Waals surface area (Å²) in [6.07, 6.45) is 2.51. The van der Waals surface area contributed by atoms with Gasteiger partial charge in [0.1, 0.15) is 23.7 Å². The Hall–Kier alpha value is -3.55. The minimum atomic E-state index is -1.28. The number of ketones is 1. The topological polar surface area (TPSA) is 117 Å². The van der Waals surface area contributed by atoms with Crippen molar-refractivity contribution in [3.05, 3.63) is 59.2 Å². The number of halogens is 1. The number of hydrogen-bond acceptors (Lipinski definition) is 5. The molecule has 1 aromatic carbocycles. The first-order valence-corrected chi connectivity index (χ1v) is 8.36. The molecule has 144 valence electrons. The van der Waals surface area contributed by atoms with Crippen LogP contribution in [0.25, 0.3) is 16.9 Å². The number of hydrogen-bond donors (Lipinski definition) is 3. The van der Waals surface area contributed by atoms with Crippen LogP contribution in [-0.2, 0) is 19.8 Å². The van der Waals surface area contributed by atoms with Gasteiger partial charge in [-0.2, -0.15) is 0 Å². The zero-order valence-electron chi connectivity index (χ0n) is 15.1. The number of carboxylic acid groups (broad SMARTS) is 1. The molecule has 1 aliphatic rings. The number of amides is 1. The number of benzene rings is 1. The quantitative estimate of drug-likeness (QED) is 0.696. The lowest BCUT2D eigenvalue weighted by atomic mass is 9.70. The van der Waals surface area contributed by atoms with E-state index in [0.29, 0.717) is 16.7 Å². The molecular formula is C20H17FN2O5. The zero-order chi connectivity index (χ0) is 20.6. The van der Waals surface area contributed by atoms with Crippen LogP contribution in [0.2, 0.25) is 0 Å². The second kappa shape index (κ2) is 6.88. The summed E-state index contributed by atoms with van der Waals surface area (Å²) in [5.41, 5.74) is 0.101. The predicted molar refractivity (Wildman–Crippen MR) is 97.9 cm³/mol. The number of pyridine rings is 1. The van der Waals surface area contributed by atoms with Gasteiger partial charge in [-0.1, -0.05) is 12.1 Å². The van der Waals surface area contributed by atoms with Crippen molar-refractivity contribution >= 4 is 23.4 Å². The van der Waals surface area contributed by atoms with Gasteiger partial charge >= 0.3 is 5.97 Å². The Morgan fingerprint density at radius 1 is 1.18 bits per heavy atom. The number of rotatable bonds is 4. The molecule has 0 spiro atoms. The highest BCUT2D eigenvalue weighted by atomic mass is 19.1. The fourth-order valence-corrected chi connectivity index (χ4v) is 3.17. The van der Waals surface area contributed by atoms with Gasteiger partial charge in [0.25, 0.3) is 5.91 Å². The Kier molecular flexibility index (Phi) is 4.72. The number of nitrogens with zero attached hydrogens (tertiary/aromatic N) is 1. The van der Waals surface area contributed by atoms with Crippen LogP contribution in [0.3, 0.4) is 0 Å². The Morgan fingerprint density at radius 3 is 2.54 bits per heavy atom. The fourth-order valence-electron chi connectivity index (χ4n) is 3.17. The van der Waals surface area contributed by atoms with Crippen LogP contribution < -0.4 is 5.32 Å². The maximum atomic E-state index is 13.5. The highest BCUT2D eigenvalue weighted by molar-refractivity contribution is 6.28. The SMILES string of the molecule is CC1(C)C(=O)C(C(=O)NCC(=O)O)=C(O)c2cc(-c3cncc(F)c3)ccc21. The average Bonchev–Trinajstić information content (AvgIpc) is 2.65. The van der Waals surface area contributed by atoms with Gasteiger partial charge in [-0.15, -0.1) is 0 Å². The average molecular weight is 384 g/mol. The van der Waals surface area contributed by atoms with Crippen molar-refractivity contribution < 1.29 is 29.0 Å². The van der Waals surface area contributed by atoms with E-state index in [1.54, 1.807) is 32.0 Å². The van der Waals surface area contributed by atoms with E-state index in [0.717, 1.165) is 6.20 Å². The van der Waals surface area contributed by atoms with E-state index in [1.165, 1.54) is 12.3 Å². The summed E-state index contributed by atoms with van der Waals surface area (Å²) in [6.45, 7) is 2.52. The number of aliphatic hydroxyl groups is 1. The van der Waals surface area contributed by atoms with Gasteiger partial charge < -0.3 is 15.5 Å². The van der Waals surface area contributed by atoms with Crippen molar-refractivity contribution in [3.63, 3.8) is 0 Å². The Morgan fingerprint density at radius 2 is 1.89 bits per heavy atom. The van der Waals surface area contributed by atoms with Crippen LogP contribution in [-0.4, -0.2) is 39.4 Å². The maximum absolute atomic E-state index is 13.5. The van der Waals surface area contributed by atoms with Gasteiger partial charge in [-0.05, 0) is 37.1 Å². The number of aliphatic carboxylic acids is 1. The van der Waals surface area contributed by atoms with E-state index in [1.807, 2.05) is 0 Å². The molecule has 3 N–H and O–H groups in total. The van der Waals surface area contributed by atoms with Crippen LogP contribution in [0.15, 0.2) is 42.2 Å². The largest absolute Gasteiger partial charge is 0.506 e. The number of fused-ring (bicyclic) bond motifs is 1. The van der Waals surface area contributed by atoms with Crippen molar-refractivity contribution in [1.29, 1.82) is 0 Å². The third kappa shape index (κ3) is 3.24. The third-order valence-electron chi connectivity index (χ3n) is 4.64. The number of carbonyl (C=O) groups excluding carboxylic acids is 2. The molecule has 0 fully saturated rings. The molecule has 0 atom stereocenters. The number of carbonyl (C=O) groups is 3. The van der Waals surface area contributed by atoms with E-state index in [9.17, 15) is 23.9 Å². The first-order chi connectivity index (χ1) is 13.1. The zero-order valence-corrected chi connectivity index (χ0v) is 15.1. The highest BCUT2D eigenvalue weighted by Crippen LogP contribution is 2.41. The van der Waals surface area contributed by atoms with Crippen molar-refractivity contribution in [1.82, 2.24) is 10.3 Å². The monoisotopic (exact) mass is 384 g/mol. The van der Waals surface area contributed by atoms with Crippen LogP contribution in [0, 0.1) is 5.82 Å². The normalized spacial score (nSPS) is 15.2. The molecule has 7 nitrogen and oxygen atoms in total. The number of carboxylic acids is 1. The maximum Gasteiger partial charge on any atom is 0.322 e. The van der Waals surface area contributed by atoms with Gasteiger partial charge in [-0.25, -0.2) is 4.39 Å². The summed E-state index contributed by atoms with van der Waals surface area (Å²) >= 11 is 0. The van der Waals surface area contributed by atoms with Gasteiger partial charge in [0.05, 0.1) is 11.6 Å². The lowest BCUT2D eigenvalue weighted by molar-refractivity contribution is -0.138. The van der Waals surface area contributed by atoms with Gasteiger partial charge in [0.2, 0.25) is 0 Å². The van der Waals surface area contributed by atoms with Gasteiger partial charge in [0.15, 0.2) is 5.78 Å². The van der Waals surface area contributed by atoms with E-state index < -0.39 is 46.8 Å². The minimum absolute atomic E-state index is 0.242. The molecule has 28 heavy (non-hydrogen) atoms. The lowest BCUT2D eigenvalue weighted by Gasteiger charge is -2.32. The summed E-state index contributed by atoms with van der Waals surface area (Å²) in [6, 6.07) is 6.12. The second-order valence-corrected chi connectivity index (χ2v) is 6.91. The summed E-state index contributed by atoms with van der Waals surface area (Å²) in [4.78, 5) is 39.7. The van der Waals surface area contributed by atoms with E-state index in [-0.39, 0.29) is 5.56 Å². The first kappa shape index (κ1) is 19.2. The first-order valence-electron chi connectivity index (χ1n) is 8.36. The summed E-state index contributed by atoms with van der Waals surface area (Å²) in [5, 5.41) is 21.5. The van der Waals surface area contributed by atoms with Crippen LogP contribution in [0.4, 0.5) is 4.39 Å². The minimum Gasteiger partial charge on any atom is -0.506 e. The second-order valence-electron chi connectivity index (χ2n) is 6.91. The molecule has 1 aromatic heterocycles. The van der Waals surface area contributed by atoms with Crippen LogP contribution in [0.1, 0.15) is 25.0 Å². The summed E-state index contributed by atoms with van der Waals surface area (Å²) in [7, 11) is 0. The van der Waals surface area contributed by atoms with Gasteiger partial charge in [-0.3, -0.25) is 19.4 Å². The van der Waals surface area contributed by atoms with E-state index >= 15 is 0 Å². The third-order valence-corrected chi connectivity index (χ3v) is 4.64. The molecular weight excluding hydrogens is 367 g/mol. The number of Topliss-reactive ketones (excluding diaryl/α,β-unsaturated/α-hetero) is 1. The molecule has 1 amide bonds. The molecule has 8 heteroatoms. The number of nitrogens with one attached hydrogen (secondary N) is 1. The molecule has 0 aliphatic heterocycles. The van der Waals surface area contributed by atoms with E-state index in [4.69, 9.17) is 5.11 Å². The number of aliphatic hydroxyl groups excluding tert-OH is 1. The predicted octanol–water partition coefficient (Wildman–Crippen LogP) is 2.22. The summed E-state index contributed by atoms with van der Waals surface area (Å²) < 4.78 is 13.5. The van der Waals surface area contributed by atoms with E-state index in [2.05, 4.69) is 10.3 Å². The Balaban J connectivity index is 2.15. The van der Waals surface area contributed by atoms with Crippen LogP contribution >= 0.6 is 0 Å². The van der Waals surface area contributed by atoms with Crippen molar-refractivity contribution in [2.24, 2.45) is 0 Å². The molecule has 0 radical (unpaired) electrons. The molecule has 0 bridgehead atoms. The highest BCUT2D eigenvalue weighted by Gasteiger charge is 2.43. The lowest BCUT2D eigenvalue weighted by Crippen LogP contribution is -2.42. The smallest absolute Gasteiger partial charge is 0.322 e. The Bertz CT molecular complexity index is 1040. The molecule has 2 aromatic rings. The molecule has 1 aliphatic carbocycles.